The lowest BCUT2D eigenvalue weighted by Crippen LogP contribution is -2.10. The summed E-state index contributed by atoms with van der Waals surface area (Å²) in [6.45, 7) is 0. The molecule has 0 amide bonds. The molecule has 8 nitrogen and oxygen atoms in total. The number of esters is 1. The number of rotatable bonds is 3. The highest BCUT2D eigenvalue weighted by Crippen LogP contribution is 2.20. The molecule has 0 unspecified atom stereocenters. The number of carbonyl (C=O) groups is 1. The molecule has 0 aliphatic rings. The van der Waals surface area contributed by atoms with Crippen molar-refractivity contribution in [2.45, 2.75) is 0 Å². The van der Waals surface area contributed by atoms with Crippen LogP contribution in [0.25, 0.3) is 5.82 Å². The molecule has 8 heteroatoms. The SMILES string of the molecule is COC(=O)c1ccc([N+](=O)[O-])c(-n2cccn2)n1. The molecule has 18 heavy (non-hydrogen) atoms. The standard InChI is InChI=1S/C10H8N4O4/c1-18-10(15)7-3-4-8(14(16)17)9(12-7)13-6-2-5-11-13/h2-6H,1H3. The van der Waals surface area contributed by atoms with Gasteiger partial charge in [-0.3, -0.25) is 10.1 Å². The Morgan fingerprint density at radius 1 is 1.50 bits per heavy atom. The van der Waals surface area contributed by atoms with Crippen molar-refractivity contribution in [3.63, 3.8) is 0 Å². The Morgan fingerprint density at radius 3 is 2.83 bits per heavy atom. The summed E-state index contributed by atoms with van der Waals surface area (Å²) >= 11 is 0. The number of nitrogens with zero attached hydrogens (tertiary/aromatic N) is 4. The number of carbonyl (C=O) groups excluding carboxylic acids is 1. The monoisotopic (exact) mass is 248 g/mol. The third kappa shape index (κ3) is 2.03. The van der Waals surface area contributed by atoms with Gasteiger partial charge in [-0.15, -0.1) is 0 Å². The third-order valence-corrected chi connectivity index (χ3v) is 2.17. The van der Waals surface area contributed by atoms with E-state index in [4.69, 9.17) is 0 Å². The number of hydrogen-bond donors (Lipinski definition) is 0. The summed E-state index contributed by atoms with van der Waals surface area (Å²) in [5.41, 5.74) is -0.264. The summed E-state index contributed by atoms with van der Waals surface area (Å²) < 4.78 is 5.72. The lowest BCUT2D eigenvalue weighted by atomic mass is 10.3. The van der Waals surface area contributed by atoms with Crippen LogP contribution in [0.3, 0.4) is 0 Å². The van der Waals surface area contributed by atoms with Gasteiger partial charge in [0.15, 0.2) is 5.69 Å². The van der Waals surface area contributed by atoms with Crippen LogP contribution < -0.4 is 0 Å². The molecule has 0 aliphatic heterocycles. The number of methoxy groups -OCH3 is 1. The van der Waals surface area contributed by atoms with Gasteiger partial charge in [0.05, 0.1) is 12.0 Å². The molecule has 2 aromatic rings. The number of hydrogen-bond acceptors (Lipinski definition) is 6. The fraction of sp³-hybridized carbons (Fsp3) is 0.100. The smallest absolute Gasteiger partial charge is 0.356 e. The van der Waals surface area contributed by atoms with Crippen LogP contribution in [0.4, 0.5) is 5.69 Å². The van der Waals surface area contributed by atoms with Gasteiger partial charge in [0.1, 0.15) is 0 Å². The van der Waals surface area contributed by atoms with Crippen molar-refractivity contribution >= 4 is 11.7 Å². The van der Waals surface area contributed by atoms with Gasteiger partial charge in [-0.1, -0.05) is 0 Å². The van der Waals surface area contributed by atoms with Gasteiger partial charge in [-0.25, -0.2) is 14.5 Å². The van der Waals surface area contributed by atoms with Crippen LogP contribution >= 0.6 is 0 Å². The zero-order chi connectivity index (χ0) is 13.1. The Hall–Kier alpha value is -2.77. The summed E-state index contributed by atoms with van der Waals surface area (Å²) in [5.74, 6) is -0.703. The number of aromatic nitrogens is 3. The van der Waals surface area contributed by atoms with Crippen LogP contribution in [0.15, 0.2) is 30.6 Å². The van der Waals surface area contributed by atoms with Crippen molar-refractivity contribution < 1.29 is 14.5 Å². The highest BCUT2D eigenvalue weighted by atomic mass is 16.6. The Morgan fingerprint density at radius 2 is 2.28 bits per heavy atom. The van der Waals surface area contributed by atoms with Crippen molar-refractivity contribution in [3.05, 3.63) is 46.4 Å². The van der Waals surface area contributed by atoms with Gasteiger partial charge in [0, 0.05) is 18.5 Å². The van der Waals surface area contributed by atoms with E-state index in [1.54, 1.807) is 6.07 Å². The quantitative estimate of drug-likeness (QED) is 0.455. The highest BCUT2D eigenvalue weighted by molar-refractivity contribution is 5.87. The van der Waals surface area contributed by atoms with Crippen LogP contribution in [0.2, 0.25) is 0 Å². The minimum Gasteiger partial charge on any atom is -0.464 e. The Kier molecular flexibility index (Phi) is 3.00. The van der Waals surface area contributed by atoms with Crippen LogP contribution in [0, 0.1) is 10.1 Å². The lowest BCUT2D eigenvalue weighted by molar-refractivity contribution is -0.384. The minimum atomic E-state index is -0.668. The fourth-order valence-electron chi connectivity index (χ4n) is 1.36. The van der Waals surface area contributed by atoms with E-state index in [1.807, 2.05) is 0 Å². The van der Waals surface area contributed by atoms with Gasteiger partial charge in [0.25, 0.3) is 0 Å². The molecule has 92 valence electrons. The fourth-order valence-corrected chi connectivity index (χ4v) is 1.36. The molecule has 2 aromatic heterocycles. The molecule has 0 fully saturated rings. The normalized spacial score (nSPS) is 10.1. The first-order valence-electron chi connectivity index (χ1n) is 4.87. The molecule has 0 saturated carbocycles. The van der Waals surface area contributed by atoms with E-state index in [0.29, 0.717) is 0 Å². The molecular weight excluding hydrogens is 240 g/mol. The maximum absolute atomic E-state index is 11.3. The largest absolute Gasteiger partial charge is 0.464 e. The molecule has 2 heterocycles. The molecule has 0 N–H and O–H groups in total. The molecule has 0 bridgehead atoms. The maximum atomic E-state index is 11.3. The van der Waals surface area contributed by atoms with Crippen molar-refractivity contribution in [1.29, 1.82) is 0 Å². The van der Waals surface area contributed by atoms with Gasteiger partial charge in [-0.2, -0.15) is 5.10 Å². The van der Waals surface area contributed by atoms with Crippen molar-refractivity contribution in [2.75, 3.05) is 7.11 Å². The second-order valence-electron chi connectivity index (χ2n) is 3.24. The average molecular weight is 248 g/mol. The zero-order valence-corrected chi connectivity index (χ0v) is 9.31. The van der Waals surface area contributed by atoms with E-state index in [-0.39, 0.29) is 17.2 Å². The molecule has 0 spiro atoms. The van der Waals surface area contributed by atoms with Crippen LogP contribution in [-0.4, -0.2) is 32.8 Å². The predicted molar refractivity (Wildman–Crippen MR) is 59.4 cm³/mol. The molecule has 0 radical (unpaired) electrons. The van der Waals surface area contributed by atoms with E-state index in [0.717, 1.165) is 0 Å². The number of ether oxygens (including phenoxy) is 1. The first kappa shape index (κ1) is 11.7. The third-order valence-electron chi connectivity index (χ3n) is 2.17. The molecule has 0 aliphatic carbocycles. The predicted octanol–water partition coefficient (Wildman–Crippen LogP) is 0.962. The summed E-state index contributed by atoms with van der Waals surface area (Å²) in [6.07, 6.45) is 2.95. The van der Waals surface area contributed by atoms with E-state index < -0.39 is 10.9 Å². The van der Waals surface area contributed by atoms with Crippen molar-refractivity contribution in [3.8, 4) is 5.82 Å². The first-order valence-corrected chi connectivity index (χ1v) is 4.87. The molecular formula is C10H8N4O4. The van der Waals surface area contributed by atoms with Gasteiger partial charge < -0.3 is 4.74 Å². The first-order chi connectivity index (χ1) is 8.63. The van der Waals surface area contributed by atoms with Crippen molar-refractivity contribution in [1.82, 2.24) is 14.8 Å². The van der Waals surface area contributed by atoms with E-state index in [1.165, 1.54) is 36.3 Å². The molecule has 0 saturated heterocycles. The summed E-state index contributed by atoms with van der Waals surface area (Å²) in [4.78, 5) is 25.5. The summed E-state index contributed by atoms with van der Waals surface area (Å²) in [6, 6.07) is 4.02. The highest BCUT2D eigenvalue weighted by Gasteiger charge is 2.20. The second kappa shape index (κ2) is 4.62. The van der Waals surface area contributed by atoms with Crippen molar-refractivity contribution in [2.24, 2.45) is 0 Å². The number of pyridine rings is 1. The molecule has 2 rings (SSSR count). The van der Waals surface area contributed by atoms with E-state index in [9.17, 15) is 14.9 Å². The Bertz CT molecular complexity index is 594. The van der Waals surface area contributed by atoms with Crippen LogP contribution in [0.5, 0.6) is 0 Å². The van der Waals surface area contributed by atoms with Crippen LogP contribution in [-0.2, 0) is 4.74 Å². The summed E-state index contributed by atoms with van der Waals surface area (Å²) in [7, 11) is 1.21. The topological polar surface area (TPSA) is 100 Å². The zero-order valence-electron chi connectivity index (χ0n) is 9.31. The van der Waals surface area contributed by atoms with E-state index >= 15 is 0 Å². The maximum Gasteiger partial charge on any atom is 0.356 e. The van der Waals surface area contributed by atoms with E-state index in [2.05, 4.69) is 14.8 Å². The molecule has 0 aromatic carbocycles. The van der Waals surface area contributed by atoms with Gasteiger partial charge >= 0.3 is 11.7 Å². The lowest BCUT2D eigenvalue weighted by Gasteiger charge is -2.04. The second-order valence-corrected chi connectivity index (χ2v) is 3.24. The van der Waals surface area contributed by atoms with Gasteiger partial charge in [-0.05, 0) is 12.1 Å². The Labute approximate surface area is 101 Å². The minimum absolute atomic E-state index is 0.0198. The molecule has 0 atom stereocenters. The van der Waals surface area contributed by atoms with Gasteiger partial charge in [0.2, 0.25) is 5.82 Å². The number of nitro groups is 1. The average Bonchev–Trinajstić information content (AvgIpc) is 2.90. The van der Waals surface area contributed by atoms with Crippen LogP contribution in [0.1, 0.15) is 10.5 Å². The Balaban J connectivity index is 2.59. The summed E-state index contributed by atoms with van der Waals surface area (Å²) in [5, 5.41) is 14.7.